The van der Waals surface area contributed by atoms with E-state index in [1.54, 1.807) is 12.1 Å². The lowest BCUT2D eigenvalue weighted by Crippen LogP contribution is -2.09. The molecule has 0 aliphatic carbocycles. The Morgan fingerprint density at radius 2 is 2.05 bits per heavy atom. The minimum Gasteiger partial charge on any atom is -0.478 e. The van der Waals surface area contributed by atoms with Crippen molar-refractivity contribution >= 4 is 27.7 Å². The third-order valence-corrected chi connectivity index (χ3v) is 3.44. The van der Waals surface area contributed by atoms with E-state index in [0.29, 0.717) is 12.4 Å². The Hall–Kier alpha value is -1.88. The second-order valence-corrected chi connectivity index (χ2v) is 4.95. The molecule has 5 heteroatoms. The second-order valence-electron chi connectivity index (χ2n) is 4.10. The van der Waals surface area contributed by atoms with E-state index in [2.05, 4.69) is 26.2 Å². The number of carboxylic acid groups (broad SMARTS) is 1. The zero-order valence-electron chi connectivity index (χ0n) is 10.4. The Kier molecular flexibility index (Phi) is 4.16. The van der Waals surface area contributed by atoms with E-state index in [9.17, 15) is 4.79 Å². The molecule has 0 radical (unpaired) electrons. The van der Waals surface area contributed by atoms with Gasteiger partial charge >= 0.3 is 5.97 Å². The van der Waals surface area contributed by atoms with Gasteiger partial charge in [-0.1, -0.05) is 34.1 Å². The summed E-state index contributed by atoms with van der Waals surface area (Å²) >= 11 is 3.46. The average Bonchev–Trinajstić information content (AvgIpc) is 2.37. The molecule has 0 aliphatic rings. The van der Waals surface area contributed by atoms with Gasteiger partial charge in [-0.25, -0.2) is 9.78 Å². The maximum absolute atomic E-state index is 11.1. The minimum atomic E-state index is -0.984. The van der Waals surface area contributed by atoms with Gasteiger partial charge in [0.15, 0.2) is 0 Å². The van der Waals surface area contributed by atoms with Crippen LogP contribution in [0.5, 0.6) is 0 Å². The molecule has 2 aromatic rings. The number of anilines is 1. The molecule has 0 saturated carbocycles. The standard InChI is InChI=1S/C14H13BrN2O2/c1-9-6-7-11(14(18)19)13(17-9)16-8-10-4-2-3-5-12(10)15/h2-7H,8H2,1H3,(H,16,17)(H,18,19). The topological polar surface area (TPSA) is 62.2 Å². The zero-order chi connectivity index (χ0) is 13.8. The van der Waals surface area contributed by atoms with Crippen LogP contribution in [0, 0.1) is 6.92 Å². The Labute approximate surface area is 119 Å². The molecule has 19 heavy (non-hydrogen) atoms. The Balaban J connectivity index is 2.22. The molecule has 0 bridgehead atoms. The van der Waals surface area contributed by atoms with Gasteiger partial charge in [0.05, 0.1) is 0 Å². The van der Waals surface area contributed by atoms with Gasteiger partial charge in [-0.05, 0) is 30.7 Å². The first-order valence-corrected chi connectivity index (χ1v) is 6.55. The Morgan fingerprint density at radius 1 is 1.32 bits per heavy atom. The summed E-state index contributed by atoms with van der Waals surface area (Å²) in [6.07, 6.45) is 0. The summed E-state index contributed by atoms with van der Waals surface area (Å²) < 4.78 is 0.979. The summed E-state index contributed by atoms with van der Waals surface area (Å²) in [5.41, 5.74) is 2.00. The van der Waals surface area contributed by atoms with E-state index in [1.165, 1.54) is 0 Å². The summed E-state index contributed by atoms with van der Waals surface area (Å²) in [5, 5.41) is 12.2. The van der Waals surface area contributed by atoms with Crippen molar-refractivity contribution in [3.05, 3.63) is 57.7 Å². The van der Waals surface area contributed by atoms with Crippen LogP contribution in [-0.2, 0) is 6.54 Å². The van der Waals surface area contributed by atoms with Crippen LogP contribution >= 0.6 is 15.9 Å². The van der Waals surface area contributed by atoms with Crippen molar-refractivity contribution in [1.29, 1.82) is 0 Å². The van der Waals surface area contributed by atoms with E-state index in [-0.39, 0.29) is 5.56 Å². The SMILES string of the molecule is Cc1ccc(C(=O)O)c(NCc2ccccc2Br)n1. The highest BCUT2D eigenvalue weighted by Gasteiger charge is 2.11. The fourth-order valence-corrected chi connectivity index (χ4v) is 2.11. The fourth-order valence-electron chi connectivity index (χ4n) is 1.68. The summed E-state index contributed by atoms with van der Waals surface area (Å²) in [4.78, 5) is 15.4. The smallest absolute Gasteiger partial charge is 0.339 e. The maximum atomic E-state index is 11.1. The van der Waals surface area contributed by atoms with Crippen molar-refractivity contribution < 1.29 is 9.90 Å². The summed E-state index contributed by atoms with van der Waals surface area (Å²) in [6, 6.07) is 11.0. The molecule has 0 amide bonds. The van der Waals surface area contributed by atoms with Crippen LogP contribution in [-0.4, -0.2) is 16.1 Å². The van der Waals surface area contributed by atoms with Gasteiger partial charge in [0, 0.05) is 16.7 Å². The quantitative estimate of drug-likeness (QED) is 0.905. The number of nitrogens with zero attached hydrogens (tertiary/aromatic N) is 1. The molecular weight excluding hydrogens is 308 g/mol. The van der Waals surface area contributed by atoms with Crippen molar-refractivity contribution in [2.24, 2.45) is 0 Å². The van der Waals surface area contributed by atoms with Gasteiger partial charge in [0.25, 0.3) is 0 Å². The largest absolute Gasteiger partial charge is 0.478 e. The number of nitrogens with one attached hydrogen (secondary N) is 1. The number of pyridine rings is 1. The number of rotatable bonds is 4. The van der Waals surface area contributed by atoms with Crippen LogP contribution in [0.3, 0.4) is 0 Å². The zero-order valence-corrected chi connectivity index (χ0v) is 11.9. The van der Waals surface area contributed by atoms with Crippen LogP contribution in [0.15, 0.2) is 40.9 Å². The third kappa shape index (κ3) is 3.32. The number of aromatic carboxylic acids is 1. The van der Waals surface area contributed by atoms with Crippen LogP contribution < -0.4 is 5.32 Å². The molecule has 1 heterocycles. The summed E-state index contributed by atoms with van der Waals surface area (Å²) in [5.74, 6) is -0.592. The van der Waals surface area contributed by atoms with Gasteiger partial charge in [-0.2, -0.15) is 0 Å². The normalized spacial score (nSPS) is 10.2. The monoisotopic (exact) mass is 320 g/mol. The molecule has 2 rings (SSSR count). The molecule has 2 N–H and O–H groups in total. The van der Waals surface area contributed by atoms with Gasteiger partial charge in [-0.15, -0.1) is 0 Å². The number of hydrogen-bond donors (Lipinski definition) is 2. The number of aromatic nitrogens is 1. The molecule has 0 fully saturated rings. The van der Waals surface area contributed by atoms with Crippen LogP contribution in [0.2, 0.25) is 0 Å². The molecule has 0 atom stereocenters. The maximum Gasteiger partial charge on any atom is 0.339 e. The number of halogens is 1. The molecule has 0 unspecified atom stereocenters. The number of aryl methyl sites for hydroxylation is 1. The first kappa shape index (κ1) is 13.5. The molecule has 98 valence electrons. The predicted octanol–water partition coefficient (Wildman–Crippen LogP) is 3.46. The van der Waals surface area contributed by atoms with Crippen LogP contribution in [0.1, 0.15) is 21.6 Å². The van der Waals surface area contributed by atoms with Crippen LogP contribution in [0.25, 0.3) is 0 Å². The van der Waals surface area contributed by atoms with E-state index < -0.39 is 5.97 Å². The fraction of sp³-hybridized carbons (Fsp3) is 0.143. The van der Waals surface area contributed by atoms with Gasteiger partial charge in [0.1, 0.15) is 11.4 Å². The summed E-state index contributed by atoms with van der Waals surface area (Å²) in [7, 11) is 0. The number of hydrogen-bond acceptors (Lipinski definition) is 3. The lowest BCUT2D eigenvalue weighted by molar-refractivity contribution is 0.0697. The third-order valence-electron chi connectivity index (χ3n) is 2.67. The van der Waals surface area contributed by atoms with Crippen molar-refractivity contribution in [2.75, 3.05) is 5.32 Å². The number of benzene rings is 1. The number of carbonyl (C=O) groups is 1. The van der Waals surface area contributed by atoms with E-state index in [0.717, 1.165) is 15.7 Å². The first-order chi connectivity index (χ1) is 9.08. The summed E-state index contributed by atoms with van der Waals surface area (Å²) in [6.45, 7) is 2.34. The molecule has 0 saturated heterocycles. The highest BCUT2D eigenvalue weighted by molar-refractivity contribution is 9.10. The van der Waals surface area contributed by atoms with Crippen LogP contribution in [0.4, 0.5) is 5.82 Å². The lowest BCUT2D eigenvalue weighted by atomic mass is 10.2. The van der Waals surface area contributed by atoms with Gasteiger partial charge in [0.2, 0.25) is 0 Å². The highest BCUT2D eigenvalue weighted by Crippen LogP contribution is 2.19. The molecule has 4 nitrogen and oxygen atoms in total. The minimum absolute atomic E-state index is 0.178. The number of carboxylic acids is 1. The lowest BCUT2D eigenvalue weighted by Gasteiger charge is -2.10. The van der Waals surface area contributed by atoms with Crippen molar-refractivity contribution in [2.45, 2.75) is 13.5 Å². The molecule has 0 aliphatic heterocycles. The van der Waals surface area contributed by atoms with E-state index in [1.807, 2.05) is 31.2 Å². The molecule has 1 aromatic carbocycles. The van der Waals surface area contributed by atoms with Gasteiger partial charge in [-0.3, -0.25) is 0 Å². The highest BCUT2D eigenvalue weighted by atomic mass is 79.9. The Bertz CT molecular complexity index is 614. The molecule has 1 aromatic heterocycles. The Morgan fingerprint density at radius 3 is 2.74 bits per heavy atom. The van der Waals surface area contributed by atoms with Crippen molar-refractivity contribution in [3.63, 3.8) is 0 Å². The first-order valence-electron chi connectivity index (χ1n) is 5.76. The second kappa shape index (κ2) is 5.84. The van der Waals surface area contributed by atoms with E-state index in [4.69, 9.17) is 5.11 Å². The van der Waals surface area contributed by atoms with Crippen molar-refractivity contribution in [1.82, 2.24) is 4.98 Å². The molecule has 0 spiro atoms. The predicted molar refractivity (Wildman–Crippen MR) is 77.4 cm³/mol. The molecular formula is C14H13BrN2O2. The van der Waals surface area contributed by atoms with Gasteiger partial charge < -0.3 is 10.4 Å². The van der Waals surface area contributed by atoms with Crippen molar-refractivity contribution in [3.8, 4) is 0 Å². The average molecular weight is 321 g/mol. The van der Waals surface area contributed by atoms with E-state index >= 15 is 0 Å².